The van der Waals surface area contributed by atoms with Gasteiger partial charge in [0.2, 0.25) is 11.9 Å². The average Bonchev–Trinajstić information content (AvgIpc) is 2.50. The van der Waals surface area contributed by atoms with Crippen molar-refractivity contribution in [2.24, 2.45) is 0 Å². The largest absolute Gasteiger partial charge is 0.463 e. The third-order valence-electron chi connectivity index (χ3n) is 2.82. The van der Waals surface area contributed by atoms with Gasteiger partial charge in [0.05, 0.1) is 6.61 Å². The minimum absolute atomic E-state index is 0.380. The summed E-state index contributed by atoms with van der Waals surface area (Å²) >= 11 is 1.86. The highest BCUT2D eigenvalue weighted by Crippen LogP contribution is 2.13. The van der Waals surface area contributed by atoms with Crippen LogP contribution in [-0.2, 0) is 0 Å². The second-order valence-electron chi connectivity index (χ2n) is 4.80. The van der Waals surface area contributed by atoms with Crippen molar-refractivity contribution in [3.05, 3.63) is 0 Å². The van der Waals surface area contributed by atoms with Crippen LogP contribution < -0.4 is 15.4 Å². The topological polar surface area (TPSA) is 72.0 Å². The molecule has 0 saturated carbocycles. The Hall–Kier alpha value is -1.24. The molecular weight excluding hydrogens is 286 g/mol. The van der Waals surface area contributed by atoms with Gasteiger partial charge in [0.25, 0.3) is 0 Å². The highest BCUT2D eigenvalue weighted by Gasteiger charge is 2.07. The first-order valence-corrected chi connectivity index (χ1v) is 8.87. The zero-order valence-electron chi connectivity index (χ0n) is 13.5. The fourth-order valence-electron chi connectivity index (χ4n) is 1.51. The molecule has 0 bridgehead atoms. The molecule has 2 N–H and O–H groups in total. The number of thioether (sulfide) groups is 1. The Morgan fingerprint density at radius 2 is 1.71 bits per heavy atom. The van der Waals surface area contributed by atoms with Crippen molar-refractivity contribution in [1.82, 2.24) is 15.0 Å². The number of anilines is 2. The second-order valence-corrected chi connectivity index (χ2v) is 6.08. The smallest absolute Gasteiger partial charge is 0.323 e. The van der Waals surface area contributed by atoms with Crippen LogP contribution in [0.2, 0.25) is 0 Å². The predicted octanol–water partition coefficient (Wildman–Crippen LogP) is 3.04. The van der Waals surface area contributed by atoms with E-state index in [4.69, 9.17) is 4.74 Å². The molecule has 1 aromatic heterocycles. The van der Waals surface area contributed by atoms with Crippen LogP contribution in [0.4, 0.5) is 11.9 Å². The fraction of sp³-hybridized carbons (Fsp3) is 0.786. The fourth-order valence-corrected chi connectivity index (χ4v) is 1.87. The number of nitrogens with zero attached hydrogens (tertiary/aromatic N) is 3. The molecule has 0 spiro atoms. The molecule has 0 aliphatic carbocycles. The zero-order valence-corrected chi connectivity index (χ0v) is 14.3. The first kappa shape index (κ1) is 17.8. The maximum absolute atomic E-state index is 5.52. The predicted molar refractivity (Wildman–Crippen MR) is 90.5 cm³/mol. The number of hydrogen-bond acceptors (Lipinski definition) is 7. The van der Waals surface area contributed by atoms with Gasteiger partial charge in [-0.15, -0.1) is 0 Å². The summed E-state index contributed by atoms with van der Waals surface area (Å²) in [6.07, 6.45) is 5.13. The summed E-state index contributed by atoms with van der Waals surface area (Å²) in [4.78, 5) is 12.9. The second kappa shape index (κ2) is 10.5. The third kappa shape index (κ3) is 7.36. The van der Waals surface area contributed by atoms with Crippen molar-refractivity contribution < 1.29 is 4.74 Å². The van der Waals surface area contributed by atoms with Crippen molar-refractivity contribution in [3.8, 4) is 6.01 Å². The molecule has 0 radical (unpaired) electrons. The van der Waals surface area contributed by atoms with E-state index in [1.165, 1.54) is 0 Å². The van der Waals surface area contributed by atoms with Gasteiger partial charge in [-0.2, -0.15) is 26.7 Å². The SMILES string of the molecule is CCCNc1nc(NCCC(C)SC)nc(OCCC)n1. The van der Waals surface area contributed by atoms with Gasteiger partial charge < -0.3 is 15.4 Å². The van der Waals surface area contributed by atoms with E-state index in [1.807, 2.05) is 11.8 Å². The molecule has 1 unspecified atom stereocenters. The van der Waals surface area contributed by atoms with Gasteiger partial charge >= 0.3 is 6.01 Å². The van der Waals surface area contributed by atoms with Gasteiger partial charge in [-0.1, -0.05) is 20.8 Å². The maximum atomic E-state index is 5.52. The van der Waals surface area contributed by atoms with Crippen molar-refractivity contribution in [2.45, 2.75) is 45.3 Å². The molecule has 0 saturated heterocycles. The molecule has 0 aliphatic rings. The van der Waals surface area contributed by atoms with Crippen molar-refractivity contribution in [1.29, 1.82) is 0 Å². The molecule has 0 amide bonds. The Kier molecular flexibility index (Phi) is 8.89. The Balaban J connectivity index is 2.65. The monoisotopic (exact) mass is 313 g/mol. The van der Waals surface area contributed by atoms with Crippen LogP contribution in [0.5, 0.6) is 6.01 Å². The number of rotatable bonds is 11. The Morgan fingerprint density at radius 1 is 1.05 bits per heavy atom. The molecule has 7 heteroatoms. The lowest BCUT2D eigenvalue weighted by Crippen LogP contribution is -2.14. The standard InChI is InChI=1S/C14H27N5OS/c1-5-8-15-12-17-13(16-9-7-11(3)21-4)19-14(18-12)20-10-6-2/h11H,5-10H2,1-4H3,(H2,15,16,17,18,19). The molecule has 120 valence electrons. The first-order valence-electron chi connectivity index (χ1n) is 7.59. The number of aromatic nitrogens is 3. The summed E-state index contributed by atoms with van der Waals surface area (Å²) in [5, 5.41) is 7.04. The summed E-state index contributed by atoms with van der Waals surface area (Å²) in [6.45, 7) is 8.66. The van der Waals surface area contributed by atoms with Crippen LogP contribution in [0.3, 0.4) is 0 Å². The van der Waals surface area contributed by atoms with Gasteiger partial charge in [0, 0.05) is 18.3 Å². The third-order valence-corrected chi connectivity index (χ3v) is 3.86. The molecule has 1 atom stereocenters. The lowest BCUT2D eigenvalue weighted by molar-refractivity contribution is 0.292. The Bertz CT molecular complexity index is 379. The van der Waals surface area contributed by atoms with Gasteiger partial charge in [0.1, 0.15) is 0 Å². The minimum atomic E-state index is 0.380. The van der Waals surface area contributed by atoms with Gasteiger partial charge in [0.15, 0.2) is 0 Å². The van der Waals surface area contributed by atoms with E-state index in [2.05, 4.69) is 52.6 Å². The van der Waals surface area contributed by atoms with Crippen LogP contribution in [0.1, 0.15) is 40.0 Å². The Labute approximate surface area is 131 Å². The van der Waals surface area contributed by atoms with E-state index in [0.29, 0.717) is 29.8 Å². The number of nitrogens with one attached hydrogen (secondary N) is 2. The van der Waals surface area contributed by atoms with Crippen molar-refractivity contribution in [3.63, 3.8) is 0 Å². The molecule has 0 fully saturated rings. The van der Waals surface area contributed by atoms with E-state index in [-0.39, 0.29) is 0 Å². The molecule has 1 aromatic rings. The maximum Gasteiger partial charge on any atom is 0.323 e. The Morgan fingerprint density at radius 3 is 2.29 bits per heavy atom. The van der Waals surface area contributed by atoms with Gasteiger partial charge in [-0.05, 0) is 25.5 Å². The van der Waals surface area contributed by atoms with Crippen LogP contribution in [0.25, 0.3) is 0 Å². The van der Waals surface area contributed by atoms with Crippen molar-refractivity contribution in [2.75, 3.05) is 36.6 Å². The summed E-state index contributed by atoms with van der Waals surface area (Å²) in [5.41, 5.74) is 0. The van der Waals surface area contributed by atoms with Crippen LogP contribution >= 0.6 is 11.8 Å². The summed E-state index contributed by atoms with van der Waals surface area (Å²) in [6, 6.07) is 0.380. The number of hydrogen-bond donors (Lipinski definition) is 2. The summed E-state index contributed by atoms with van der Waals surface area (Å²) in [7, 11) is 0. The van der Waals surface area contributed by atoms with Crippen LogP contribution in [0, 0.1) is 0 Å². The normalized spacial score (nSPS) is 12.0. The van der Waals surface area contributed by atoms with Crippen molar-refractivity contribution >= 4 is 23.7 Å². The highest BCUT2D eigenvalue weighted by atomic mass is 32.2. The van der Waals surface area contributed by atoms with Crippen LogP contribution in [0.15, 0.2) is 0 Å². The van der Waals surface area contributed by atoms with E-state index >= 15 is 0 Å². The molecule has 0 aromatic carbocycles. The molecular formula is C14H27N5OS. The average molecular weight is 313 g/mol. The van der Waals surface area contributed by atoms with E-state index in [0.717, 1.165) is 32.4 Å². The van der Waals surface area contributed by atoms with Gasteiger partial charge in [-0.3, -0.25) is 0 Å². The minimum Gasteiger partial charge on any atom is -0.463 e. The molecule has 0 aliphatic heterocycles. The summed E-state index contributed by atoms with van der Waals surface area (Å²) in [5.74, 6) is 1.14. The molecule has 21 heavy (non-hydrogen) atoms. The quantitative estimate of drug-likeness (QED) is 0.650. The zero-order chi connectivity index (χ0) is 15.5. The molecule has 1 rings (SSSR count). The highest BCUT2D eigenvalue weighted by molar-refractivity contribution is 7.99. The first-order chi connectivity index (χ1) is 10.2. The van der Waals surface area contributed by atoms with E-state index in [1.54, 1.807) is 0 Å². The number of ether oxygens (including phenoxy) is 1. The molecule has 6 nitrogen and oxygen atoms in total. The van der Waals surface area contributed by atoms with Crippen LogP contribution in [-0.4, -0.2) is 46.2 Å². The lowest BCUT2D eigenvalue weighted by atomic mass is 10.3. The van der Waals surface area contributed by atoms with E-state index < -0.39 is 0 Å². The molecule has 1 heterocycles. The van der Waals surface area contributed by atoms with E-state index in [9.17, 15) is 0 Å². The van der Waals surface area contributed by atoms with Gasteiger partial charge in [-0.25, -0.2) is 0 Å². The summed E-state index contributed by atoms with van der Waals surface area (Å²) < 4.78 is 5.52. The lowest BCUT2D eigenvalue weighted by Gasteiger charge is -2.11.